The third kappa shape index (κ3) is 2.17. The van der Waals surface area contributed by atoms with Crippen molar-refractivity contribution in [2.75, 3.05) is 12.8 Å². The normalized spacial score (nSPS) is 10.6. The van der Waals surface area contributed by atoms with Gasteiger partial charge in [0, 0.05) is 11.6 Å². The SMILES string of the molecule is COc1ccc(-n2cc(N)c(-c3nccs3)n2)cc1. The molecule has 5 nitrogen and oxygen atoms in total. The Hall–Kier alpha value is -2.34. The second-order valence-electron chi connectivity index (χ2n) is 3.91. The number of thiazole rings is 1. The molecule has 0 saturated heterocycles. The van der Waals surface area contributed by atoms with E-state index in [-0.39, 0.29) is 0 Å². The highest BCUT2D eigenvalue weighted by atomic mass is 32.1. The van der Waals surface area contributed by atoms with Gasteiger partial charge >= 0.3 is 0 Å². The molecule has 6 heteroatoms. The van der Waals surface area contributed by atoms with Crippen LogP contribution in [0.2, 0.25) is 0 Å². The predicted molar refractivity (Wildman–Crippen MR) is 75.6 cm³/mol. The van der Waals surface area contributed by atoms with Crippen LogP contribution >= 0.6 is 11.3 Å². The number of anilines is 1. The third-order valence-corrected chi connectivity index (χ3v) is 3.49. The number of nitrogen functional groups attached to an aromatic ring is 1. The first-order chi connectivity index (χ1) is 9.28. The Bertz CT molecular complexity index is 673. The van der Waals surface area contributed by atoms with Gasteiger partial charge in [-0.3, -0.25) is 0 Å². The predicted octanol–water partition coefficient (Wildman–Crippen LogP) is 2.59. The third-order valence-electron chi connectivity index (χ3n) is 2.71. The van der Waals surface area contributed by atoms with Gasteiger partial charge in [0.05, 0.1) is 24.7 Å². The van der Waals surface area contributed by atoms with Crippen molar-refractivity contribution >= 4 is 17.0 Å². The van der Waals surface area contributed by atoms with Crippen molar-refractivity contribution in [3.63, 3.8) is 0 Å². The van der Waals surface area contributed by atoms with Crippen LogP contribution in [0.5, 0.6) is 5.75 Å². The van der Waals surface area contributed by atoms with Gasteiger partial charge in [-0.15, -0.1) is 11.3 Å². The number of benzene rings is 1. The molecule has 19 heavy (non-hydrogen) atoms. The Morgan fingerprint density at radius 2 is 2.05 bits per heavy atom. The zero-order chi connectivity index (χ0) is 13.2. The van der Waals surface area contributed by atoms with Gasteiger partial charge in [0.25, 0.3) is 0 Å². The van der Waals surface area contributed by atoms with Gasteiger partial charge in [-0.25, -0.2) is 9.67 Å². The number of nitrogens with two attached hydrogens (primary N) is 1. The highest BCUT2D eigenvalue weighted by Crippen LogP contribution is 2.27. The number of ether oxygens (including phenoxy) is 1. The molecule has 3 rings (SSSR count). The molecular weight excluding hydrogens is 260 g/mol. The van der Waals surface area contributed by atoms with Gasteiger partial charge < -0.3 is 10.5 Å². The summed E-state index contributed by atoms with van der Waals surface area (Å²) in [6.45, 7) is 0. The molecular formula is C13H12N4OS. The topological polar surface area (TPSA) is 66.0 Å². The van der Waals surface area contributed by atoms with E-state index in [1.807, 2.05) is 29.6 Å². The Morgan fingerprint density at radius 1 is 1.26 bits per heavy atom. The van der Waals surface area contributed by atoms with Crippen LogP contribution in [0.1, 0.15) is 0 Å². The van der Waals surface area contributed by atoms with E-state index >= 15 is 0 Å². The first-order valence-electron chi connectivity index (χ1n) is 5.67. The molecule has 0 aliphatic rings. The molecule has 2 aromatic heterocycles. The molecule has 1 aromatic carbocycles. The highest BCUT2D eigenvalue weighted by Gasteiger charge is 2.11. The summed E-state index contributed by atoms with van der Waals surface area (Å²) in [6.07, 6.45) is 3.53. The lowest BCUT2D eigenvalue weighted by molar-refractivity contribution is 0.414. The molecule has 0 unspecified atom stereocenters. The maximum absolute atomic E-state index is 5.98. The van der Waals surface area contributed by atoms with E-state index in [1.165, 1.54) is 11.3 Å². The van der Waals surface area contributed by atoms with Crippen molar-refractivity contribution in [1.29, 1.82) is 0 Å². The zero-order valence-electron chi connectivity index (χ0n) is 10.3. The molecule has 3 aromatic rings. The second kappa shape index (κ2) is 4.74. The number of rotatable bonds is 3. The van der Waals surface area contributed by atoms with Gasteiger partial charge in [-0.1, -0.05) is 0 Å². The van der Waals surface area contributed by atoms with Crippen LogP contribution in [-0.4, -0.2) is 21.9 Å². The lowest BCUT2D eigenvalue weighted by atomic mass is 10.3. The summed E-state index contributed by atoms with van der Waals surface area (Å²) < 4.78 is 6.87. The van der Waals surface area contributed by atoms with E-state index in [4.69, 9.17) is 10.5 Å². The Morgan fingerprint density at radius 3 is 2.68 bits per heavy atom. The van der Waals surface area contributed by atoms with Crippen LogP contribution in [-0.2, 0) is 0 Å². The van der Waals surface area contributed by atoms with Gasteiger partial charge in [0.15, 0.2) is 0 Å². The molecule has 0 amide bonds. The molecule has 0 spiro atoms. The molecule has 0 aliphatic carbocycles. The summed E-state index contributed by atoms with van der Waals surface area (Å²) in [7, 11) is 1.64. The molecule has 0 radical (unpaired) electrons. The quantitative estimate of drug-likeness (QED) is 0.796. The summed E-state index contributed by atoms with van der Waals surface area (Å²) in [6, 6.07) is 7.63. The highest BCUT2D eigenvalue weighted by molar-refractivity contribution is 7.13. The molecule has 0 aliphatic heterocycles. The van der Waals surface area contributed by atoms with E-state index in [0.717, 1.165) is 16.4 Å². The second-order valence-corrected chi connectivity index (χ2v) is 4.81. The van der Waals surface area contributed by atoms with Crippen LogP contribution < -0.4 is 10.5 Å². The fraction of sp³-hybridized carbons (Fsp3) is 0.0769. The number of nitrogens with zero attached hydrogens (tertiary/aromatic N) is 3. The minimum absolute atomic E-state index is 0.616. The molecule has 96 valence electrons. The molecule has 0 saturated carbocycles. The fourth-order valence-corrected chi connectivity index (χ4v) is 2.40. The lowest BCUT2D eigenvalue weighted by Crippen LogP contribution is -1.94. The molecule has 2 heterocycles. The van der Waals surface area contributed by atoms with Gasteiger partial charge in [-0.05, 0) is 24.3 Å². The van der Waals surface area contributed by atoms with Crippen molar-refractivity contribution in [3.8, 4) is 22.1 Å². The summed E-state index contributed by atoms with van der Waals surface area (Å²) in [5.74, 6) is 0.809. The number of aromatic nitrogens is 3. The van der Waals surface area contributed by atoms with Gasteiger partial charge in [-0.2, -0.15) is 5.10 Å². The zero-order valence-corrected chi connectivity index (χ0v) is 11.1. The monoisotopic (exact) mass is 272 g/mol. The van der Waals surface area contributed by atoms with Crippen LogP contribution in [0.15, 0.2) is 42.0 Å². The number of hydrogen-bond acceptors (Lipinski definition) is 5. The van der Waals surface area contributed by atoms with Crippen molar-refractivity contribution in [1.82, 2.24) is 14.8 Å². The van der Waals surface area contributed by atoms with Crippen LogP contribution in [0.4, 0.5) is 5.69 Å². The Labute approximate surface area is 114 Å². The average molecular weight is 272 g/mol. The van der Waals surface area contributed by atoms with Crippen molar-refractivity contribution in [2.45, 2.75) is 0 Å². The number of methoxy groups -OCH3 is 1. The van der Waals surface area contributed by atoms with E-state index < -0.39 is 0 Å². The van der Waals surface area contributed by atoms with Crippen molar-refractivity contribution < 1.29 is 4.74 Å². The van der Waals surface area contributed by atoms with Crippen molar-refractivity contribution in [2.24, 2.45) is 0 Å². The average Bonchev–Trinajstić information content (AvgIpc) is 3.08. The standard InChI is InChI=1S/C13H12N4OS/c1-18-10-4-2-9(3-5-10)17-8-11(14)12(16-17)13-15-6-7-19-13/h2-8H,14H2,1H3. The summed E-state index contributed by atoms with van der Waals surface area (Å²) in [5.41, 5.74) is 8.24. The van der Waals surface area contributed by atoms with E-state index in [1.54, 1.807) is 24.2 Å². The van der Waals surface area contributed by atoms with Crippen LogP contribution in [0, 0.1) is 0 Å². The summed E-state index contributed by atoms with van der Waals surface area (Å²) in [5, 5.41) is 7.20. The minimum Gasteiger partial charge on any atom is -0.497 e. The minimum atomic E-state index is 0.616. The van der Waals surface area contributed by atoms with E-state index in [9.17, 15) is 0 Å². The maximum Gasteiger partial charge on any atom is 0.145 e. The molecule has 0 atom stereocenters. The molecule has 0 bridgehead atoms. The van der Waals surface area contributed by atoms with Gasteiger partial charge in [0.1, 0.15) is 16.5 Å². The Kier molecular flexibility index (Phi) is 2.92. The van der Waals surface area contributed by atoms with E-state index in [0.29, 0.717) is 11.4 Å². The first kappa shape index (κ1) is 11.7. The number of hydrogen-bond donors (Lipinski definition) is 1. The van der Waals surface area contributed by atoms with Gasteiger partial charge in [0.2, 0.25) is 0 Å². The maximum atomic E-state index is 5.98. The molecule has 0 fully saturated rings. The largest absolute Gasteiger partial charge is 0.497 e. The molecule has 2 N–H and O–H groups in total. The Balaban J connectivity index is 1.99. The van der Waals surface area contributed by atoms with E-state index in [2.05, 4.69) is 10.1 Å². The summed E-state index contributed by atoms with van der Waals surface area (Å²) >= 11 is 1.52. The van der Waals surface area contributed by atoms with Crippen molar-refractivity contribution in [3.05, 3.63) is 42.0 Å². The first-order valence-corrected chi connectivity index (χ1v) is 6.55. The fourth-order valence-electron chi connectivity index (χ4n) is 1.76. The van der Waals surface area contributed by atoms with Crippen LogP contribution in [0.3, 0.4) is 0 Å². The van der Waals surface area contributed by atoms with Crippen LogP contribution in [0.25, 0.3) is 16.4 Å². The lowest BCUT2D eigenvalue weighted by Gasteiger charge is -2.02. The smallest absolute Gasteiger partial charge is 0.145 e. The summed E-state index contributed by atoms with van der Waals surface area (Å²) in [4.78, 5) is 4.22.